The predicted octanol–water partition coefficient (Wildman–Crippen LogP) is 20.6. The topological polar surface area (TPSA) is 11.4 Å². The monoisotopic (exact) mass is 1020 g/mol. The highest BCUT2D eigenvalue weighted by Crippen LogP contribution is 2.66. The molecule has 0 saturated carbocycles. The molecule has 1 unspecified atom stereocenters. The predicted molar refractivity (Wildman–Crippen MR) is 335 cm³/mol. The third kappa shape index (κ3) is 6.94. The van der Waals surface area contributed by atoms with Crippen LogP contribution in [0.15, 0.2) is 309 Å². The van der Waals surface area contributed by atoms with E-state index < -0.39 is 5.41 Å². The van der Waals surface area contributed by atoms with Gasteiger partial charge in [0.1, 0.15) is 0 Å². The molecule has 0 radical (unpaired) electrons. The van der Waals surface area contributed by atoms with Crippen molar-refractivity contribution in [3.8, 4) is 50.2 Å². The van der Waals surface area contributed by atoms with Gasteiger partial charge in [-0.15, -0.1) is 0 Å². The summed E-state index contributed by atoms with van der Waals surface area (Å²) in [6.07, 6.45) is 0. The maximum Gasteiger partial charge on any atom is 0.0727 e. The van der Waals surface area contributed by atoms with Crippen molar-refractivity contribution in [1.29, 1.82) is 0 Å². The van der Waals surface area contributed by atoms with E-state index in [0.717, 1.165) is 45.3 Å². The fourth-order valence-electron chi connectivity index (χ4n) is 13.6. The van der Waals surface area contributed by atoms with E-state index in [1.54, 1.807) is 0 Å². The Morgan fingerprint density at radius 1 is 0.263 bits per heavy atom. The summed E-state index contributed by atoms with van der Waals surface area (Å²) in [5.74, 6) is 0. The van der Waals surface area contributed by atoms with Crippen molar-refractivity contribution in [2.45, 2.75) is 5.41 Å². The minimum Gasteiger partial charge on any atom is -0.310 e. The van der Waals surface area contributed by atoms with Gasteiger partial charge in [-0.2, -0.15) is 0 Å². The lowest BCUT2D eigenvalue weighted by Gasteiger charge is -2.34. The normalized spacial score (nSPS) is 13.8. The fourth-order valence-corrected chi connectivity index (χ4v) is 13.6. The van der Waals surface area contributed by atoms with Crippen LogP contribution >= 0.6 is 0 Å². The Kier molecular flexibility index (Phi) is 10.5. The average Bonchev–Trinajstić information content (AvgIpc) is 2.70. The summed E-state index contributed by atoms with van der Waals surface area (Å²) in [5.41, 5.74) is 24.1. The molecule has 1 atom stereocenters. The number of para-hydroxylation sites is 3. The Morgan fingerprint density at radius 2 is 0.750 bits per heavy atom. The second-order valence-corrected chi connectivity index (χ2v) is 21.2. The second kappa shape index (κ2) is 18.3. The van der Waals surface area contributed by atoms with Gasteiger partial charge in [0.05, 0.1) is 22.1 Å². The van der Waals surface area contributed by atoms with Gasteiger partial charge in [0, 0.05) is 50.5 Å². The quantitative estimate of drug-likeness (QED) is 0.143. The summed E-state index contributed by atoms with van der Waals surface area (Å²) in [7, 11) is 0. The number of anilines is 6. The van der Waals surface area contributed by atoms with Crippen LogP contribution in [0.2, 0.25) is 0 Å². The minimum atomic E-state index is -0.665. The van der Waals surface area contributed by atoms with Gasteiger partial charge in [-0.25, -0.2) is 0 Å². The van der Waals surface area contributed by atoms with Crippen molar-refractivity contribution in [1.82, 2.24) is 4.57 Å². The SMILES string of the molecule is c1ccc(-c2ccc(N(c3cc(N(c4ccccc4)c4ccc(-c5ccccc5)cc4)c4c(c3)C3(c5ccccc5-4)c4ccccc4-c4c3ccc3ccccc43)c3ccc4c(c3)c3ccccc3n4-c3ccccc3)cc2)cc1. The van der Waals surface area contributed by atoms with Crippen LogP contribution in [0.25, 0.3) is 82.8 Å². The van der Waals surface area contributed by atoms with E-state index in [9.17, 15) is 0 Å². The number of nitrogens with zero attached hydrogens (tertiary/aromatic N) is 3. The van der Waals surface area contributed by atoms with Crippen LogP contribution in [0.3, 0.4) is 0 Å². The first-order valence-corrected chi connectivity index (χ1v) is 27.7. The van der Waals surface area contributed by atoms with Gasteiger partial charge in [0.2, 0.25) is 0 Å². The molecule has 0 saturated heterocycles. The fraction of sp³-hybridized carbons (Fsp3) is 0.0130. The smallest absolute Gasteiger partial charge is 0.0727 e. The summed E-state index contributed by atoms with van der Waals surface area (Å²) in [5, 5.41) is 4.90. The molecule has 3 nitrogen and oxygen atoms in total. The molecule has 1 heterocycles. The first-order chi connectivity index (χ1) is 39.7. The maximum atomic E-state index is 2.55. The zero-order valence-electron chi connectivity index (χ0n) is 43.8. The maximum absolute atomic E-state index is 2.55. The number of hydrogen-bond donors (Lipinski definition) is 0. The zero-order chi connectivity index (χ0) is 52.7. The van der Waals surface area contributed by atoms with Crippen LogP contribution in [-0.4, -0.2) is 4.57 Å². The van der Waals surface area contributed by atoms with E-state index in [4.69, 9.17) is 0 Å². The summed E-state index contributed by atoms with van der Waals surface area (Å²) in [6.45, 7) is 0. The van der Waals surface area contributed by atoms with E-state index in [-0.39, 0.29) is 0 Å². The van der Waals surface area contributed by atoms with Gasteiger partial charge in [0.25, 0.3) is 0 Å². The van der Waals surface area contributed by atoms with Gasteiger partial charge in [0.15, 0.2) is 0 Å². The van der Waals surface area contributed by atoms with Crippen LogP contribution in [0.1, 0.15) is 22.3 Å². The van der Waals surface area contributed by atoms with E-state index in [0.29, 0.717) is 0 Å². The lowest BCUT2D eigenvalue weighted by Crippen LogP contribution is -2.26. The molecule has 2 aliphatic carbocycles. The molecule has 80 heavy (non-hydrogen) atoms. The standard InChI is InChI=1S/C77H51N3/c1-5-21-52(22-6-1)54-37-42-59(43-38-54)78(61-46-48-73-67(49-61)64-31-17-20-36-72(64)80(73)58-28-11-4-12-29-58)62-50-71-76(74(51-62)79(57-26-9-3-10-27-57)60-44-39-55(40-45-60)53-23-7-2-8-24-53)66-33-16-19-35-69(66)77(71)68-34-18-15-32-65(68)75-63-30-14-13-25-56(63)41-47-70(75)77/h1-51H. The van der Waals surface area contributed by atoms with E-state index >= 15 is 0 Å². The number of fused-ring (bicyclic) bond motifs is 15. The van der Waals surface area contributed by atoms with E-state index in [2.05, 4.69) is 324 Å². The van der Waals surface area contributed by atoms with Crippen molar-refractivity contribution in [3.63, 3.8) is 0 Å². The lowest BCUT2D eigenvalue weighted by atomic mass is 9.70. The van der Waals surface area contributed by atoms with Crippen molar-refractivity contribution < 1.29 is 0 Å². The van der Waals surface area contributed by atoms with Gasteiger partial charge in [-0.05, 0) is 157 Å². The van der Waals surface area contributed by atoms with E-state index in [1.807, 2.05) is 0 Å². The summed E-state index contributed by atoms with van der Waals surface area (Å²) >= 11 is 0. The summed E-state index contributed by atoms with van der Waals surface area (Å²) in [6, 6.07) is 114. The molecule has 1 spiro atoms. The molecule has 3 heteroatoms. The van der Waals surface area contributed by atoms with Gasteiger partial charge >= 0.3 is 0 Å². The van der Waals surface area contributed by atoms with E-state index in [1.165, 1.54) is 93.8 Å². The number of aromatic nitrogens is 1. The first kappa shape index (κ1) is 45.7. The van der Waals surface area contributed by atoms with Crippen LogP contribution < -0.4 is 9.80 Å². The Bertz CT molecular complexity index is 4680. The molecule has 0 fully saturated rings. The Labute approximate surface area is 465 Å². The van der Waals surface area contributed by atoms with Crippen LogP contribution in [0, 0.1) is 0 Å². The van der Waals surface area contributed by atoms with Crippen LogP contribution in [0.4, 0.5) is 34.1 Å². The van der Waals surface area contributed by atoms with Gasteiger partial charge in [-0.1, -0.05) is 224 Å². The average molecular weight is 1020 g/mol. The molecular weight excluding hydrogens is 967 g/mol. The van der Waals surface area contributed by atoms with Gasteiger partial charge < -0.3 is 14.4 Å². The Hall–Kier alpha value is -10.5. The first-order valence-electron chi connectivity index (χ1n) is 27.7. The largest absolute Gasteiger partial charge is 0.310 e. The third-order valence-corrected chi connectivity index (χ3v) is 16.9. The van der Waals surface area contributed by atoms with Crippen molar-refractivity contribution in [2.24, 2.45) is 0 Å². The van der Waals surface area contributed by atoms with Crippen LogP contribution in [0.5, 0.6) is 0 Å². The third-order valence-electron chi connectivity index (χ3n) is 16.9. The second-order valence-electron chi connectivity index (χ2n) is 21.2. The number of rotatable bonds is 9. The minimum absolute atomic E-state index is 0.665. The molecule has 374 valence electrons. The van der Waals surface area contributed by atoms with Crippen molar-refractivity contribution in [2.75, 3.05) is 9.80 Å². The zero-order valence-corrected chi connectivity index (χ0v) is 43.8. The van der Waals surface area contributed by atoms with Gasteiger partial charge in [-0.3, -0.25) is 0 Å². The highest BCUT2D eigenvalue weighted by molar-refractivity contribution is 6.12. The molecule has 0 N–H and O–H groups in total. The molecule has 14 aromatic rings. The van der Waals surface area contributed by atoms with Crippen LogP contribution in [-0.2, 0) is 5.41 Å². The Morgan fingerprint density at radius 3 is 1.41 bits per heavy atom. The van der Waals surface area contributed by atoms with Crippen molar-refractivity contribution >= 4 is 66.7 Å². The Balaban J connectivity index is 1.03. The molecule has 1 aromatic heterocycles. The lowest BCUT2D eigenvalue weighted by molar-refractivity contribution is 0.794. The highest BCUT2D eigenvalue weighted by atomic mass is 15.2. The highest BCUT2D eigenvalue weighted by Gasteiger charge is 2.53. The molecule has 2 aliphatic rings. The summed E-state index contributed by atoms with van der Waals surface area (Å²) < 4.78 is 2.40. The molecular formula is C77H51N3. The molecule has 0 bridgehead atoms. The number of hydrogen-bond acceptors (Lipinski definition) is 2. The molecule has 0 amide bonds. The number of benzene rings is 13. The summed E-state index contributed by atoms with van der Waals surface area (Å²) in [4.78, 5) is 5.01. The van der Waals surface area contributed by atoms with Crippen molar-refractivity contribution in [3.05, 3.63) is 332 Å². The molecule has 16 rings (SSSR count). The molecule has 13 aromatic carbocycles. The molecule has 0 aliphatic heterocycles.